The molecule has 0 spiro atoms. The number of aryl methyl sites for hydroxylation is 1. The normalized spacial score (nSPS) is 11.2. The van der Waals surface area contributed by atoms with Gasteiger partial charge in [0.2, 0.25) is 0 Å². The van der Waals surface area contributed by atoms with E-state index in [9.17, 15) is 0 Å². The number of nitrogens with zero attached hydrogens (tertiary/aromatic N) is 5. The molecule has 0 radical (unpaired) electrons. The van der Waals surface area contributed by atoms with Crippen LogP contribution in [-0.2, 0) is 0 Å². The molecule has 5 nitrogen and oxygen atoms in total. The molecule has 86 valence electrons. The van der Waals surface area contributed by atoms with Crippen LogP contribution in [0.3, 0.4) is 0 Å². The molecule has 2 heterocycles. The van der Waals surface area contributed by atoms with Crippen molar-refractivity contribution in [1.82, 2.24) is 19.6 Å². The fraction of sp³-hybridized carbons (Fsp3) is 0.250. The Morgan fingerprint density at radius 3 is 2.65 bits per heavy atom. The minimum absolute atomic E-state index is 0.643. The molecular weight excluding hydrogens is 214 g/mol. The summed E-state index contributed by atoms with van der Waals surface area (Å²) in [6.45, 7) is 1.87. The number of para-hydroxylation sites is 1. The Morgan fingerprint density at radius 2 is 1.88 bits per heavy atom. The number of fused-ring (bicyclic) bond motifs is 3. The molecule has 0 bridgehead atoms. The van der Waals surface area contributed by atoms with Crippen LogP contribution in [0.4, 0.5) is 5.82 Å². The number of benzene rings is 1. The summed E-state index contributed by atoms with van der Waals surface area (Å²) < 4.78 is 1.79. The van der Waals surface area contributed by atoms with Gasteiger partial charge in [0.05, 0.1) is 5.52 Å². The van der Waals surface area contributed by atoms with Crippen LogP contribution >= 0.6 is 0 Å². The lowest BCUT2D eigenvalue weighted by molar-refractivity contribution is 0.947. The summed E-state index contributed by atoms with van der Waals surface area (Å²) in [7, 11) is 3.96. The van der Waals surface area contributed by atoms with Crippen molar-refractivity contribution in [3.8, 4) is 0 Å². The zero-order valence-electron chi connectivity index (χ0n) is 10.0. The van der Waals surface area contributed by atoms with Crippen molar-refractivity contribution >= 4 is 22.5 Å². The van der Waals surface area contributed by atoms with E-state index >= 15 is 0 Å². The molecule has 3 rings (SSSR count). The van der Waals surface area contributed by atoms with E-state index in [-0.39, 0.29) is 0 Å². The number of aromatic nitrogens is 4. The Hall–Kier alpha value is -2.17. The van der Waals surface area contributed by atoms with E-state index in [2.05, 4.69) is 15.1 Å². The van der Waals surface area contributed by atoms with Gasteiger partial charge in [0, 0.05) is 19.5 Å². The predicted molar refractivity (Wildman–Crippen MR) is 67.4 cm³/mol. The van der Waals surface area contributed by atoms with Crippen LogP contribution in [0.5, 0.6) is 0 Å². The third-order valence-electron chi connectivity index (χ3n) is 2.70. The highest BCUT2D eigenvalue weighted by Gasteiger charge is 2.11. The van der Waals surface area contributed by atoms with E-state index in [1.54, 1.807) is 4.52 Å². The minimum Gasteiger partial charge on any atom is -0.362 e. The first-order valence-corrected chi connectivity index (χ1v) is 5.46. The quantitative estimate of drug-likeness (QED) is 0.634. The van der Waals surface area contributed by atoms with Crippen LogP contribution in [0.15, 0.2) is 24.3 Å². The maximum absolute atomic E-state index is 4.54. The number of hydrogen-bond donors (Lipinski definition) is 0. The molecular formula is C12H13N5. The average molecular weight is 227 g/mol. The second kappa shape index (κ2) is 3.41. The molecule has 5 heteroatoms. The van der Waals surface area contributed by atoms with Gasteiger partial charge in [-0.25, -0.2) is 0 Å². The van der Waals surface area contributed by atoms with Crippen molar-refractivity contribution in [2.24, 2.45) is 0 Å². The Morgan fingerprint density at radius 1 is 1.12 bits per heavy atom. The minimum atomic E-state index is 0.643. The van der Waals surface area contributed by atoms with Crippen LogP contribution in [0, 0.1) is 6.92 Å². The fourth-order valence-corrected chi connectivity index (χ4v) is 1.98. The van der Waals surface area contributed by atoms with E-state index in [1.165, 1.54) is 0 Å². The molecule has 0 fully saturated rings. The van der Waals surface area contributed by atoms with Crippen molar-refractivity contribution in [3.05, 3.63) is 30.1 Å². The monoisotopic (exact) mass is 227 g/mol. The molecule has 0 N–H and O–H groups in total. The largest absolute Gasteiger partial charge is 0.362 e. The molecule has 0 aliphatic heterocycles. The first-order valence-electron chi connectivity index (χ1n) is 5.46. The Balaban J connectivity index is 2.53. The standard InChI is InChI=1S/C12H13N5/c1-8-13-12-14-11(16(2)3)9-6-4-5-7-10(9)17(12)15-8/h4-7H,1-3H3. The lowest BCUT2D eigenvalue weighted by atomic mass is 10.2. The molecule has 0 aliphatic rings. The summed E-state index contributed by atoms with van der Waals surface area (Å²) >= 11 is 0. The van der Waals surface area contributed by atoms with Gasteiger partial charge >= 0.3 is 0 Å². The topological polar surface area (TPSA) is 46.3 Å². The predicted octanol–water partition coefficient (Wildman–Crippen LogP) is 1.65. The zero-order chi connectivity index (χ0) is 12.0. The highest BCUT2D eigenvalue weighted by molar-refractivity contribution is 5.91. The highest BCUT2D eigenvalue weighted by atomic mass is 15.3. The van der Waals surface area contributed by atoms with Crippen molar-refractivity contribution in [3.63, 3.8) is 0 Å². The summed E-state index contributed by atoms with van der Waals surface area (Å²) in [6, 6.07) is 8.09. The molecule has 0 unspecified atom stereocenters. The van der Waals surface area contributed by atoms with Crippen molar-refractivity contribution in [2.75, 3.05) is 19.0 Å². The Bertz CT molecular complexity index is 699. The van der Waals surface area contributed by atoms with Crippen molar-refractivity contribution in [2.45, 2.75) is 6.92 Å². The number of anilines is 1. The van der Waals surface area contributed by atoms with E-state index in [0.717, 1.165) is 22.5 Å². The van der Waals surface area contributed by atoms with Gasteiger partial charge in [-0.3, -0.25) is 0 Å². The Labute approximate surface area is 98.7 Å². The molecule has 0 amide bonds. The Kier molecular flexibility index (Phi) is 2.01. The molecule has 0 atom stereocenters. The first kappa shape index (κ1) is 10.0. The molecule has 0 aliphatic carbocycles. The summed E-state index contributed by atoms with van der Waals surface area (Å²) in [5.41, 5.74) is 1.03. The molecule has 1 aromatic carbocycles. The van der Waals surface area contributed by atoms with Crippen LogP contribution in [0.25, 0.3) is 16.7 Å². The molecule has 3 aromatic rings. The first-order chi connectivity index (χ1) is 8.16. The second-order valence-electron chi connectivity index (χ2n) is 4.22. The van der Waals surface area contributed by atoms with E-state index in [0.29, 0.717) is 5.78 Å². The van der Waals surface area contributed by atoms with Gasteiger partial charge in [0.25, 0.3) is 5.78 Å². The summed E-state index contributed by atoms with van der Waals surface area (Å²) in [5, 5.41) is 5.44. The van der Waals surface area contributed by atoms with Crippen molar-refractivity contribution < 1.29 is 0 Å². The van der Waals surface area contributed by atoms with Gasteiger partial charge in [-0.1, -0.05) is 12.1 Å². The van der Waals surface area contributed by atoms with Gasteiger partial charge in [-0.15, -0.1) is 5.10 Å². The van der Waals surface area contributed by atoms with Gasteiger partial charge < -0.3 is 4.90 Å². The lowest BCUT2D eigenvalue weighted by Crippen LogP contribution is -2.12. The highest BCUT2D eigenvalue weighted by Crippen LogP contribution is 2.23. The summed E-state index contributed by atoms with van der Waals surface area (Å²) in [4.78, 5) is 10.9. The van der Waals surface area contributed by atoms with Crippen molar-refractivity contribution in [1.29, 1.82) is 0 Å². The maximum atomic E-state index is 4.54. The molecule has 0 saturated heterocycles. The molecule has 0 saturated carbocycles. The lowest BCUT2D eigenvalue weighted by Gasteiger charge is -2.14. The summed E-state index contributed by atoms with van der Waals surface area (Å²) in [6.07, 6.45) is 0. The summed E-state index contributed by atoms with van der Waals surface area (Å²) in [5.74, 6) is 2.30. The average Bonchev–Trinajstić information content (AvgIpc) is 2.68. The van der Waals surface area contributed by atoms with Gasteiger partial charge in [-0.05, 0) is 19.1 Å². The van der Waals surface area contributed by atoms with Crippen LogP contribution < -0.4 is 4.90 Å². The second-order valence-corrected chi connectivity index (χ2v) is 4.22. The number of hydrogen-bond acceptors (Lipinski definition) is 4. The van der Waals surface area contributed by atoms with Crippen LogP contribution in [-0.4, -0.2) is 33.7 Å². The SMILES string of the molecule is Cc1nc2nc(N(C)C)c3ccccc3n2n1. The van der Waals surface area contributed by atoms with E-state index < -0.39 is 0 Å². The van der Waals surface area contributed by atoms with E-state index in [1.807, 2.05) is 50.2 Å². The molecule has 17 heavy (non-hydrogen) atoms. The smallest absolute Gasteiger partial charge is 0.254 e. The van der Waals surface area contributed by atoms with Gasteiger partial charge in [-0.2, -0.15) is 14.5 Å². The third-order valence-corrected chi connectivity index (χ3v) is 2.70. The van der Waals surface area contributed by atoms with Crippen LogP contribution in [0.1, 0.15) is 5.82 Å². The number of rotatable bonds is 1. The van der Waals surface area contributed by atoms with Crippen LogP contribution in [0.2, 0.25) is 0 Å². The maximum Gasteiger partial charge on any atom is 0.254 e. The van der Waals surface area contributed by atoms with E-state index in [4.69, 9.17) is 0 Å². The fourth-order valence-electron chi connectivity index (χ4n) is 1.98. The molecule has 2 aromatic heterocycles. The van der Waals surface area contributed by atoms with Gasteiger partial charge in [0.15, 0.2) is 0 Å². The zero-order valence-corrected chi connectivity index (χ0v) is 10.0. The third kappa shape index (κ3) is 1.43. The van der Waals surface area contributed by atoms with Gasteiger partial charge in [0.1, 0.15) is 11.6 Å².